The topological polar surface area (TPSA) is 105 Å². The van der Waals surface area contributed by atoms with E-state index in [0.717, 1.165) is 57.8 Å². The van der Waals surface area contributed by atoms with Crippen molar-refractivity contribution in [1.29, 1.82) is 0 Å². The molecule has 0 unspecified atom stereocenters. The number of benzene rings is 2. The molecule has 3 heterocycles. The smallest absolute Gasteiger partial charge is 0.221 e. The molecule has 5 rings (SSSR count). The van der Waals surface area contributed by atoms with Gasteiger partial charge in [0.2, 0.25) is 5.95 Å². The van der Waals surface area contributed by atoms with E-state index < -0.39 is 0 Å². The van der Waals surface area contributed by atoms with Crippen molar-refractivity contribution in [3.63, 3.8) is 0 Å². The second-order valence-corrected chi connectivity index (χ2v) is 7.94. The van der Waals surface area contributed by atoms with Crippen molar-refractivity contribution in [3.8, 4) is 5.75 Å². The lowest BCUT2D eigenvalue weighted by Crippen LogP contribution is -2.05. The number of nitrogens with two attached hydrogens (primary N) is 1. The molecule has 0 saturated heterocycles. The number of nitrogens with one attached hydrogen (secondary N) is 3. The first-order chi connectivity index (χ1) is 15.6. The van der Waals surface area contributed by atoms with Crippen molar-refractivity contribution in [1.82, 2.24) is 19.9 Å². The number of H-pyrrole nitrogens is 2. The molecule has 0 atom stereocenters. The summed E-state index contributed by atoms with van der Waals surface area (Å²) in [5.41, 5.74) is 12.5. The molecule has 0 aliphatic carbocycles. The summed E-state index contributed by atoms with van der Waals surface area (Å²) >= 11 is 0. The molecule has 5 aromatic rings. The molecule has 0 aliphatic rings. The van der Waals surface area contributed by atoms with Gasteiger partial charge in [-0.15, -0.1) is 0 Å². The van der Waals surface area contributed by atoms with Crippen LogP contribution in [0, 0.1) is 6.92 Å². The van der Waals surface area contributed by atoms with E-state index in [2.05, 4.69) is 68.7 Å². The summed E-state index contributed by atoms with van der Waals surface area (Å²) in [6.07, 6.45) is 5.49. The van der Waals surface area contributed by atoms with Crippen LogP contribution in [0.1, 0.15) is 23.7 Å². The maximum Gasteiger partial charge on any atom is 0.221 e. The number of aromatic amines is 2. The van der Waals surface area contributed by atoms with Crippen molar-refractivity contribution in [2.75, 3.05) is 17.7 Å². The van der Waals surface area contributed by atoms with Gasteiger partial charge >= 0.3 is 0 Å². The number of anilines is 3. The number of hydrogen-bond acceptors (Lipinski definition) is 5. The third kappa shape index (κ3) is 3.97. The number of fused-ring (bicyclic) bond motifs is 2. The molecule has 2 aromatic carbocycles. The van der Waals surface area contributed by atoms with Crippen LogP contribution in [-0.4, -0.2) is 26.5 Å². The highest BCUT2D eigenvalue weighted by Crippen LogP contribution is 2.27. The highest BCUT2D eigenvalue weighted by molar-refractivity contribution is 5.85. The maximum absolute atomic E-state index is 5.90. The van der Waals surface area contributed by atoms with Crippen molar-refractivity contribution < 1.29 is 4.74 Å². The lowest BCUT2D eigenvalue weighted by atomic mass is 10.0. The van der Waals surface area contributed by atoms with Gasteiger partial charge in [0.15, 0.2) is 0 Å². The van der Waals surface area contributed by atoms with Gasteiger partial charge in [0.05, 0.1) is 6.61 Å². The van der Waals surface area contributed by atoms with E-state index in [0.29, 0.717) is 6.61 Å². The van der Waals surface area contributed by atoms with Crippen LogP contribution in [-0.2, 0) is 12.8 Å². The SMILES string of the molecule is CCOc1ccc2[nH]cc(CCc3cnc(N)nc3Nc3ccc4[nH]c(C)cc4c3)c2c1. The van der Waals surface area contributed by atoms with Crippen LogP contribution in [0.25, 0.3) is 21.8 Å². The van der Waals surface area contributed by atoms with Crippen molar-refractivity contribution >= 4 is 39.3 Å². The molecule has 0 radical (unpaired) electrons. The van der Waals surface area contributed by atoms with Gasteiger partial charge in [-0.3, -0.25) is 0 Å². The Morgan fingerprint density at radius 3 is 2.75 bits per heavy atom. The number of aromatic nitrogens is 4. The predicted octanol–water partition coefficient (Wildman–Crippen LogP) is 5.26. The van der Waals surface area contributed by atoms with Gasteiger partial charge in [-0.05, 0) is 74.7 Å². The Balaban J connectivity index is 1.39. The zero-order valence-electron chi connectivity index (χ0n) is 18.2. The molecule has 0 amide bonds. The fourth-order valence-electron chi connectivity index (χ4n) is 4.09. The van der Waals surface area contributed by atoms with E-state index >= 15 is 0 Å². The van der Waals surface area contributed by atoms with Gasteiger partial charge in [0.1, 0.15) is 11.6 Å². The zero-order chi connectivity index (χ0) is 22.1. The van der Waals surface area contributed by atoms with Gasteiger partial charge in [-0.25, -0.2) is 4.98 Å². The molecule has 32 heavy (non-hydrogen) atoms. The number of nitrogen functional groups attached to an aromatic ring is 1. The highest BCUT2D eigenvalue weighted by atomic mass is 16.5. The Bertz CT molecular complexity index is 1400. The molecular weight excluding hydrogens is 400 g/mol. The van der Waals surface area contributed by atoms with Gasteiger partial charge in [0, 0.05) is 51.1 Å². The van der Waals surface area contributed by atoms with E-state index in [1.165, 1.54) is 10.9 Å². The molecule has 0 saturated carbocycles. The van der Waals surface area contributed by atoms with E-state index in [4.69, 9.17) is 10.5 Å². The number of hydrogen-bond donors (Lipinski definition) is 4. The maximum atomic E-state index is 5.90. The minimum atomic E-state index is 0.253. The number of nitrogens with zero attached hydrogens (tertiary/aromatic N) is 2. The first kappa shape index (κ1) is 19.9. The average Bonchev–Trinajstić information content (AvgIpc) is 3.35. The monoisotopic (exact) mass is 426 g/mol. The summed E-state index contributed by atoms with van der Waals surface area (Å²) in [7, 11) is 0. The Kier molecular flexibility index (Phi) is 5.15. The Morgan fingerprint density at radius 1 is 1.03 bits per heavy atom. The number of ether oxygens (including phenoxy) is 1. The van der Waals surface area contributed by atoms with E-state index in [1.54, 1.807) is 0 Å². The van der Waals surface area contributed by atoms with Gasteiger partial charge in [-0.1, -0.05) is 0 Å². The number of aryl methyl sites for hydroxylation is 3. The summed E-state index contributed by atoms with van der Waals surface area (Å²) in [6, 6.07) is 14.5. The summed E-state index contributed by atoms with van der Waals surface area (Å²) in [4.78, 5) is 15.4. The molecule has 162 valence electrons. The molecular formula is C25H26N6O. The molecule has 7 nitrogen and oxygen atoms in total. The lowest BCUT2D eigenvalue weighted by Gasteiger charge is -2.12. The third-order valence-electron chi connectivity index (χ3n) is 5.61. The highest BCUT2D eigenvalue weighted by Gasteiger charge is 2.11. The Hall–Kier alpha value is -4.00. The van der Waals surface area contributed by atoms with Crippen molar-refractivity contribution in [3.05, 3.63) is 71.7 Å². The van der Waals surface area contributed by atoms with Gasteiger partial charge in [-0.2, -0.15) is 4.98 Å². The van der Waals surface area contributed by atoms with Crippen molar-refractivity contribution in [2.45, 2.75) is 26.7 Å². The van der Waals surface area contributed by atoms with Crippen LogP contribution >= 0.6 is 0 Å². The van der Waals surface area contributed by atoms with E-state index in [1.807, 2.05) is 25.3 Å². The lowest BCUT2D eigenvalue weighted by molar-refractivity contribution is 0.340. The van der Waals surface area contributed by atoms with E-state index in [-0.39, 0.29) is 5.95 Å². The molecule has 0 bridgehead atoms. The Labute approximate surface area is 186 Å². The van der Waals surface area contributed by atoms with Crippen molar-refractivity contribution in [2.24, 2.45) is 0 Å². The van der Waals surface area contributed by atoms with Crippen LogP contribution in [0.3, 0.4) is 0 Å². The van der Waals surface area contributed by atoms with Gasteiger partial charge < -0.3 is 25.8 Å². The molecule has 7 heteroatoms. The minimum absolute atomic E-state index is 0.253. The second kappa shape index (κ2) is 8.26. The first-order valence-electron chi connectivity index (χ1n) is 10.8. The van der Waals surface area contributed by atoms with Crippen LogP contribution in [0.15, 0.2) is 54.9 Å². The molecule has 5 N–H and O–H groups in total. The molecule has 3 aromatic heterocycles. The predicted molar refractivity (Wildman–Crippen MR) is 130 cm³/mol. The zero-order valence-corrected chi connectivity index (χ0v) is 18.2. The van der Waals surface area contributed by atoms with Crippen LogP contribution in [0.5, 0.6) is 5.75 Å². The van der Waals surface area contributed by atoms with Crippen LogP contribution in [0.2, 0.25) is 0 Å². The van der Waals surface area contributed by atoms with Gasteiger partial charge in [0.25, 0.3) is 0 Å². The summed E-state index contributed by atoms with van der Waals surface area (Å²) in [6.45, 7) is 4.70. The normalized spacial score (nSPS) is 11.3. The first-order valence-corrected chi connectivity index (χ1v) is 10.8. The van der Waals surface area contributed by atoms with Crippen LogP contribution < -0.4 is 15.8 Å². The summed E-state index contributed by atoms with van der Waals surface area (Å²) < 4.78 is 5.67. The molecule has 0 spiro atoms. The second-order valence-electron chi connectivity index (χ2n) is 7.94. The molecule has 0 fully saturated rings. The standard InChI is InChI=1S/C25H26N6O/c1-3-32-20-7-9-23-21(12-20)16(13-27-23)4-5-17-14-28-25(26)31-24(17)30-19-6-8-22-18(11-19)10-15(2)29-22/h6-14,27,29H,3-5H2,1-2H3,(H3,26,28,30,31). The Morgan fingerprint density at radius 2 is 1.88 bits per heavy atom. The van der Waals surface area contributed by atoms with Crippen LogP contribution in [0.4, 0.5) is 17.5 Å². The largest absolute Gasteiger partial charge is 0.494 e. The molecule has 0 aliphatic heterocycles. The fourth-order valence-corrected chi connectivity index (χ4v) is 4.09. The third-order valence-corrected chi connectivity index (χ3v) is 5.61. The minimum Gasteiger partial charge on any atom is -0.494 e. The quantitative estimate of drug-likeness (QED) is 0.284. The number of rotatable bonds is 7. The summed E-state index contributed by atoms with van der Waals surface area (Å²) in [5, 5.41) is 5.76. The van der Waals surface area contributed by atoms with E-state index in [9.17, 15) is 0 Å². The summed E-state index contributed by atoms with van der Waals surface area (Å²) in [5.74, 6) is 1.87. The fraction of sp³-hybridized carbons (Fsp3) is 0.200. The average molecular weight is 427 g/mol.